The van der Waals surface area contributed by atoms with E-state index in [1.807, 2.05) is 81.4 Å². The number of ether oxygens (including phenoxy) is 2. The molecule has 2 aromatic carbocycles. The Hall–Kier alpha value is -4.75. The van der Waals surface area contributed by atoms with Gasteiger partial charge in [0.05, 0.1) is 36.2 Å². The number of fused-ring (bicyclic) bond motifs is 1. The third-order valence-electron chi connectivity index (χ3n) is 10.7. The number of benzene rings is 2. The van der Waals surface area contributed by atoms with Gasteiger partial charge in [0.15, 0.2) is 0 Å². The third kappa shape index (κ3) is 8.88. The number of nitrogens with zero attached hydrogens (tertiary/aromatic N) is 2. The topological polar surface area (TPSA) is 156 Å². The van der Waals surface area contributed by atoms with Gasteiger partial charge in [-0.3, -0.25) is 19.1 Å². The molecule has 2 heterocycles. The summed E-state index contributed by atoms with van der Waals surface area (Å²) in [6.07, 6.45) is 6.74. The maximum absolute atomic E-state index is 14.7. The number of likely N-dealkylation sites (tertiary alicyclic amines) is 1. The molecule has 3 fully saturated rings. The van der Waals surface area contributed by atoms with Crippen LogP contribution in [0.4, 0.5) is 0 Å². The fourth-order valence-electron chi connectivity index (χ4n) is 7.32. The van der Waals surface area contributed by atoms with Crippen molar-refractivity contribution in [3.05, 3.63) is 79.9 Å². The Morgan fingerprint density at radius 3 is 2.45 bits per heavy atom. The lowest BCUT2D eigenvalue weighted by Crippen LogP contribution is -2.59. The van der Waals surface area contributed by atoms with Gasteiger partial charge >= 0.3 is 0 Å². The second-order valence-corrected chi connectivity index (χ2v) is 17.9. The number of rotatable bonds is 17. The molecule has 0 spiro atoms. The molecule has 13 heteroatoms. The molecule has 2 unspecified atom stereocenters. The zero-order valence-corrected chi connectivity index (χ0v) is 33.0. The Labute approximate surface area is 324 Å². The van der Waals surface area contributed by atoms with E-state index < -0.39 is 62.1 Å². The summed E-state index contributed by atoms with van der Waals surface area (Å²) in [6.45, 7) is 14.3. The van der Waals surface area contributed by atoms with Crippen molar-refractivity contribution in [3.63, 3.8) is 0 Å². The Bertz CT molecular complexity index is 2050. The summed E-state index contributed by atoms with van der Waals surface area (Å²) in [4.78, 5) is 49.1. The molecule has 3 aliphatic rings. The Kier molecular flexibility index (Phi) is 11.7. The van der Waals surface area contributed by atoms with Crippen molar-refractivity contribution in [1.29, 1.82) is 0 Å². The zero-order valence-electron chi connectivity index (χ0n) is 32.2. The van der Waals surface area contributed by atoms with Crippen molar-refractivity contribution in [1.82, 2.24) is 25.2 Å². The molecule has 3 aromatic rings. The van der Waals surface area contributed by atoms with E-state index in [-0.39, 0.29) is 25.3 Å². The highest BCUT2D eigenvalue weighted by molar-refractivity contribution is 7.91. The number of pyridine rings is 1. The molecule has 3 N–H and O–H groups in total. The highest BCUT2D eigenvalue weighted by atomic mass is 32.2. The van der Waals surface area contributed by atoms with Crippen molar-refractivity contribution in [3.8, 4) is 22.8 Å². The van der Waals surface area contributed by atoms with E-state index in [1.165, 1.54) is 0 Å². The summed E-state index contributed by atoms with van der Waals surface area (Å²) in [7, 11) is -2.28. The molecule has 2 aliphatic carbocycles. The Balaban J connectivity index is 1.32. The van der Waals surface area contributed by atoms with Gasteiger partial charge in [-0.1, -0.05) is 63.3 Å². The molecule has 3 amide bonds. The van der Waals surface area contributed by atoms with Crippen LogP contribution in [0.1, 0.15) is 65.7 Å². The molecule has 294 valence electrons. The summed E-state index contributed by atoms with van der Waals surface area (Å²) in [5.74, 6) is -0.913. The van der Waals surface area contributed by atoms with E-state index in [0.717, 1.165) is 30.2 Å². The fourth-order valence-corrected chi connectivity index (χ4v) is 8.68. The molecule has 55 heavy (non-hydrogen) atoms. The fraction of sp³-hybridized carbons (Fsp3) is 0.476. The summed E-state index contributed by atoms with van der Waals surface area (Å²) in [6, 6.07) is 15.5. The van der Waals surface area contributed by atoms with Crippen LogP contribution in [0.25, 0.3) is 22.2 Å². The first-order chi connectivity index (χ1) is 26.2. The lowest BCUT2D eigenvalue weighted by atomic mass is 9.85. The lowest BCUT2D eigenvalue weighted by Gasteiger charge is -2.36. The average Bonchev–Trinajstić information content (AvgIpc) is 4.09. The zero-order chi connectivity index (χ0) is 39.5. The minimum absolute atomic E-state index is 0.0996. The molecule has 0 bridgehead atoms. The van der Waals surface area contributed by atoms with Crippen LogP contribution in [-0.4, -0.2) is 85.2 Å². The largest absolute Gasteiger partial charge is 0.497 e. The van der Waals surface area contributed by atoms with Crippen LogP contribution >= 0.6 is 0 Å². The smallest absolute Gasteiger partial charge is 0.259 e. The van der Waals surface area contributed by atoms with Crippen LogP contribution in [0.5, 0.6) is 11.5 Å². The molecule has 1 aromatic heterocycles. The number of hydrogen-bond donors (Lipinski definition) is 3. The van der Waals surface area contributed by atoms with Gasteiger partial charge in [-0.05, 0) is 62.6 Å². The van der Waals surface area contributed by atoms with E-state index in [4.69, 9.17) is 14.5 Å². The maximum atomic E-state index is 14.7. The molecule has 5 atom stereocenters. The van der Waals surface area contributed by atoms with Crippen molar-refractivity contribution in [2.45, 2.75) is 94.7 Å². The van der Waals surface area contributed by atoms with Gasteiger partial charge in [0.2, 0.25) is 21.8 Å². The van der Waals surface area contributed by atoms with E-state index in [9.17, 15) is 22.8 Å². The predicted molar refractivity (Wildman–Crippen MR) is 213 cm³/mol. The van der Waals surface area contributed by atoms with Crippen LogP contribution in [0.3, 0.4) is 0 Å². The molecule has 1 aliphatic heterocycles. The first kappa shape index (κ1) is 39.9. The number of amides is 3. The number of sulfonamides is 1. The number of unbranched alkanes of at least 4 members (excludes halogenated alkanes) is 2. The summed E-state index contributed by atoms with van der Waals surface area (Å²) in [5.41, 5.74) is 0.222. The first-order valence-electron chi connectivity index (χ1n) is 19.1. The van der Waals surface area contributed by atoms with Crippen LogP contribution in [0.2, 0.25) is 0 Å². The maximum Gasteiger partial charge on any atom is 0.259 e. The molecular formula is C42H53N5O7S. The van der Waals surface area contributed by atoms with E-state index in [1.54, 1.807) is 18.1 Å². The monoisotopic (exact) mass is 771 g/mol. The molecule has 1 saturated heterocycles. The SMILES string of the molecule is C=CCCCCN[C@H](C(=O)N1C[C@H](Oc2cc(-c3ccccc3)nc3cc(OC)ccc23)C[C@H]1C(=O)NC1(C(=O)NS(=O)(=O)C2CC2)CC1C=C)C(C)(C)C. The number of carbonyl (C=O) groups is 3. The highest BCUT2D eigenvalue weighted by Crippen LogP contribution is 2.46. The van der Waals surface area contributed by atoms with E-state index >= 15 is 0 Å². The lowest BCUT2D eigenvalue weighted by molar-refractivity contribution is -0.143. The number of hydrogen-bond acceptors (Lipinski definition) is 9. The Morgan fingerprint density at radius 2 is 1.82 bits per heavy atom. The highest BCUT2D eigenvalue weighted by Gasteiger charge is 2.62. The van der Waals surface area contributed by atoms with Gasteiger partial charge in [-0.2, -0.15) is 0 Å². The quantitative estimate of drug-likeness (QED) is 0.123. The second kappa shape index (κ2) is 16.2. The van der Waals surface area contributed by atoms with Gasteiger partial charge in [0.25, 0.3) is 5.91 Å². The van der Waals surface area contributed by atoms with Crippen molar-refractivity contribution < 1.29 is 32.3 Å². The molecule has 0 radical (unpaired) electrons. The standard InChI is InChI=1S/C42H53N5O7S/c1-7-9-10-14-21-43-37(41(3,4)5)39(49)47-26-30(23-35(47)38(48)45-42(25-28(42)8-2)40(50)46-55(51,52)31-18-19-31)54-36-24-33(27-15-12-11-13-16-27)44-34-22-29(53-6)17-20-32(34)36/h7-8,11-13,15-17,20,22,24,28,30-31,35,37,43H,1-2,9-10,14,18-19,21,23,25-26H2,3-6H3,(H,45,48)(H,46,50)/t28?,30-,35+,37-,42?/m1/s1. The van der Waals surface area contributed by atoms with Crippen LogP contribution in [0.15, 0.2) is 79.9 Å². The van der Waals surface area contributed by atoms with Gasteiger partial charge in [0, 0.05) is 35.4 Å². The Morgan fingerprint density at radius 1 is 1.07 bits per heavy atom. The minimum atomic E-state index is -3.87. The third-order valence-corrected chi connectivity index (χ3v) is 12.6. The normalized spacial score (nSPS) is 22.8. The van der Waals surface area contributed by atoms with E-state index in [0.29, 0.717) is 42.1 Å². The van der Waals surface area contributed by atoms with Crippen molar-refractivity contribution in [2.24, 2.45) is 11.3 Å². The van der Waals surface area contributed by atoms with Crippen molar-refractivity contribution >= 4 is 38.6 Å². The number of nitrogens with one attached hydrogen (secondary N) is 3. The molecule has 12 nitrogen and oxygen atoms in total. The van der Waals surface area contributed by atoms with Gasteiger partial charge < -0.3 is 25.0 Å². The van der Waals surface area contributed by atoms with Crippen LogP contribution in [-0.2, 0) is 24.4 Å². The summed E-state index contributed by atoms with van der Waals surface area (Å²) in [5, 5.41) is 6.47. The van der Waals surface area contributed by atoms with Crippen LogP contribution in [0, 0.1) is 11.3 Å². The van der Waals surface area contributed by atoms with Gasteiger partial charge in [-0.15, -0.1) is 13.2 Å². The number of methoxy groups -OCH3 is 1. The molecular weight excluding hydrogens is 719 g/mol. The van der Waals surface area contributed by atoms with Gasteiger partial charge in [-0.25, -0.2) is 13.4 Å². The van der Waals surface area contributed by atoms with Gasteiger partial charge in [0.1, 0.15) is 29.2 Å². The molecule has 6 rings (SSSR count). The number of allylic oxidation sites excluding steroid dienone is 1. The predicted octanol–water partition coefficient (Wildman–Crippen LogP) is 5.29. The summed E-state index contributed by atoms with van der Waals surface area (Å²) < 4.78 is 40.0. The van der Waals surface area contributed by atoms with Crippen molar-refractivity contribution in [2.75, 3.05) is 20.2 Å². The van der Waals surface area contributed by atoms with Crippen LogP contribution < -0.4 is 24.8 Å². The summed E-state index contributed by atoms with van der Waals surface area (Å²) >= 11 is 0. The second-order valence-electron chi connectivity index (χ2n) is 16.0. The first-order valence-corrected chi connectivity index (χ1v) is 20.6. The minimum Gasteiger partial charge on any atom is -0.497 e. The average molecular weight is 772 g/mol. The van der Waals surface area contributed by atoms with E-state index in [2.05, 4.69) is 28.5 Å². The number of carbonyl (C=O) groups excluding carboxylic acids is 3. The molecule has 2 saturated carbocycles. The number of aromatic nitrogens is 1.